The molecule has 0 saturated carbocycles. The second-order valence-corrected chi connectivity index (χ2v) is 0.643. The summed E-state index contributed by atoms with van der Waals surface area (Å²) in [5.74, 6) is -0.329. The van der Waals surface area contributed by atoms with Crippen LogP contribution >= 0.6 is 0 Å². The molecule has 0 aliphatic carbocycles. The maximum Gasteiger partial charge on any atom is 0.0569 e. The smallest absolute Gasteiger partial charge is 0.0569 e. The van der Waals surface area contributed by atoms with E-state index in [0.717, 1.165) is 6.34 Å². The maximum atomic E-state index is 6.35. The third-order valence-electron chi connectivity index (χ3n) is 0.204. The predicted octanol–water partition coefficient (Wildman–Crippen LogP) is -0.139. The van der Waals surface area contributed by atoms with E-state index in [-0.39, 0.29) is 5.96 Å². The van der Waals surface area contributed by atoms with Crippen molar-refractivity contribution in [1.82, 2.24) is 0 Å². The summed E-state index contributed by atoms with van der Waals surface area (Å²) < 4.78 is 0. The first-order valence-electron chi connectivity index (χ1n) is 1.31. The van der Waals surface area contributed by atoms with Crippen LogP contribution in [0, 0.1) is 10.8 Å². The molecule has 0 bridgehead atoms. The minimum absolute atomic E-state index is 0.329. The van der Waals surface area contributed by atoms with E-state index in [9.17, 15) is 0 Å². The minimum atomic E-state index is -0.329. The molecule has 0 atom stereocenters. The lowest BCUT2D eigenvalue weighted by Crippen LogP contribution is -2.06. The monoisotopic (exact) mass is 85.1 g/mol. The second kappa shape index (κ2) is 2.19. The predicted molar refractivity (Wildman–Crippen MR) is 24.1 cm³/mol. The summed E-state index contributed by atoms with van der Waals surface area (Å²) in [6.07, 6.45) is 0.725. The molecular weight excluding hydrogens is 80.1 g/mol. The van der Waals surface area contributed by atoms with Crippen LogP contribution in [0.2, 0.25) is 0 Å². The first-order valence-corrected chi connectivity index (χ1v) is 1.31. The number of nitrogens with zero attached hydrogens (tertiary/aromatic N) is 1. The molecule has 34 valence electrons. The van der Waals surface area contributed by atoms with Crippen molar-refractivity contribution in [3.63, 3.8) is 0 Å². The van der Waals surface area contributed by atoms with Crippen LogP contribution in [0.1, 0.15) is 0 Å². The van der Waals surface area contributed by atoms with Gasteiger partial charge in [-0.15, -0.1) is 0 Å². The number of hydrogen-bond acceptors (Lipinski definition) is 2. The van der Waals surface area contributed by atoms with Crippen LogP contribution < -0.4 is 5.73 Å². The Kier molecular flexibility index (Phi) is 1.81. The SMILES string of the molecule is N=C[N-]C(=N)N. The average molecular weight is 85.1 g/mol. The highest BCUT2D eigenvalue weighted by atomic mass is 15.0. The van der Waals surface area contributed by atoms with E-state index in [0.29, 0.717) is 0 Å². The average Bonchev–Trinajstić information content (AvgIpc) is 1.35. The van der Waals surface area contributed by atoms with Crippen molar-refractivity contribution in [1.29, 1.82) is 10.8 Å². The molecule has 0 aromatic heterocycles. The number of hydrogen-bond donors (Lipinski definition) is 3. The summed E-state index contributed by atoms with van der Waals surface area (Å²) >= 11 is 0. The van der Waals surface area contributed by atoms with E-state index in [1.165, 1.54) is 0 Å². The summed E-state index contributed by atoms with van der Waals surface area (Å²) in [5, 5.41) is 15.6. The van der Waals surface area contributed by atoms with E-state index < -0.39 is 0 Å². The summed E-state index contributed by atoms with van der Waals surface area (Å²) in [6, 6.07) is 0. The number of nitrogens with two attached hydrogens (primary N) is 1. The van der Waals surface area contributed by atoms with Crippen LogP contribution in [-0.4, -0.2) is 12.3 Å². The van der Waals surface area contributed by atoms with Gasteiger partial charge >= 0.3 is 0 Å². The van der Waals surface area contributed by atoms with Gasteiger partial charge in [0, 0.05) is 6.34 Å². The van der Waals surface area contributed by atoms with Gasteiger partial charge in [0.2, 0.25) is 0 Å². The van der Waals surface area contributed by atoms with Crippen LogP contribution in [0.5, 0.6) is 0 Å². The molecule has 0 spiro atoms. The standard InChI is InChI=1S/C2H5N4/c3-1-6-2(4)5/h1H,(H4-,3,4,5,6)/q-1. The molecule has 0 fully saturated rings. The molecule has 4 N–H and O–H groups in total. The summed E-state index contributed by atoms with van der Waals surface area (Å²) in [4.78, 5) is 0. The maximum absolute atomic E-state index is 6.35. The molecule has 0 unspecified atom stereocenters. The number of nitrogens with one attached hydrogen (secondary N) is 2. The highest BCUT2D eigenvalue weighted by Gasteiger charge is 1.62. The summed E-state index contributed by atoms with van der Waals surface area (Å²) in [7, 11) is 0. The van der Waals surface area contributed by atoms with Crippen molar-refractivity contribution in [3.05, 3.63) is 5.32 Å². The fraction of sp³-hybridized carbons (Fsp3) is 0. The van der Waals surface area contributed by atoms with Gasteiger partial charge < -0.3 is 21.9 Å². The number of rotatable bonds is 1. The third kappa shape index (κ3) is 2.94. The van der Waals surface area contributed by atoms with E-state index >= 15 is 0 Å². The lowest BCUT2D eigenvalue weighted by atomic mass is 11.0. The molecule has 0 radical (unpaired) electrons. The Morgan fingerprint density at radius 2 is 2.33 bits per heavy atom. The first-order chi connectivity index (χ1) is 2.77. The van der Waals surface area contributed by atoms with Crippen molar-refractivity contribution in [2.24, 2.45) is 5.73 Å². The Bertz CT molecular complexity index is 65.9. The Morgan fingerprint density at radius 1 is 1.83 bits per heavy atom. The van der Waals surface area contributed by atoms with Crippen molar-refractivity contribution in [2.45, 2.75) is 0 Å². The fourth-order valence-electron chi connectivity index (χ4n) is 0.0695. The van der Waals surface area contributed by atoms with Crippen molar-refractivity contribution < 1.29 is 0 Å². The Morgan fingerprint density at radius 3 is 2.33 bits per heavy atom. The fourth-order valence-corrected chi connectivity index (χ4v) is 0.0695. The largest absolute Gasteiger partial charge is 0.432 e. The van der Waals surface area contributed by atoms with E-state index in [1.807, 2.05) is 0 Å². The third-order valence-corrected chi connectivity index (χ3v) is 0.204. The molecule has 0 heterocycles. The van der Waals surface area contributed by atoms with E-state index in [2.05, 4.69) is 11.1 Å². The van der Waals surface area contributed by atoms with Crippen molar-refractivity contribution >= 4 is 12.3 Å². The lowest BCUT2D eigenvalue weighted by Gasteiger charge is -1.94. The van der Waals surface area contributed by atoms with Crippen LogP contribution in [0.3, 0.4) is 0 Å². The van der Waals surface area contributed by atoms with Gasteiger partial charge in [0.25, 0.3) is 0 Å². The Balaban J connectivity index is 3.05. The molecular formula is C2H5N4-. The summed E-state index contributed by atoms with van der Waals surface area (Å²) in [5.41, 5.74) is 4.67. The molecule has 4 nitrogen and oxygen atoms in total. The zero-order chi connectivity index (χ0) is 4.99. The molecule has 0 aliphatic heterocycles. The van der Waals surface area contributed by atoms with Gasteiger partial charge in [-0.3, -0.25) is 0 Å². The van der Waals surface area contributed by atoms with Gasteiger partial charge in [-0.1, -0.05) is 0 Å². The second-order valence-electron chi connectivity index (χ2n) is 0.643. The molecule has 4 heteroatoms. The molecule has 0 rings (SSSR count). The quantitative estimate of drug-likeness (QED) is 0.300. The molecule has 0 amide bonds. The Labute approximate surface area is 35.4 Å². The van der Waals surface area contributed by atoms with Crippen LogP contribution in [0.4, 0.5) is 0 Å². The highest BCUT2D eigenvalue weighted by Crippen LogP contribution is 1.68. The van der Waals surface area contributed by atoms with E-state index in [1.54, 1.807) is 0 Å². The van der Waals surface area contributed by atoms with Gasteiger partial charge in [0.15, 0.2) is 0 Å². The molecule has 0 aliphatic rings. The molecule has 0 saturated heterocycles. The van der Waals surface area contributed by atoms with Gasteiger partial charge in [0.05, 0.1) is 5.96 Å². The first kappa shape index (κ1) is 4.94. The minimum Gasteiger partial charge on any atom is -0.432 e. The van der Waals surface area contributed by atoms with Gasteiger partial charge in [-0.2, -0.15) is 0 Å². The molecule has 0 aromatic rings. The topological polar surface area (TPSA) is 87.8 Å². The van der Waals surface area contributed by atoms with Crippen LogP contribution in [0.25, 0.3) is 5.32 Å². The zero-order valence-electron chi connectivity index (χ0n) is 3.10. The van der Waals surface area contributed by atoms with Crippen molar-refractivity contribution in [2.75, 3.05) is 0 Å². The highest BCUT2D eigenvalue weighted by molar-refractivity contribution is 6.03. The van der Waals surface area contributed by atoms with E-state index in [4.69, 9.17) is 10.8 Å². The zero-order valence-corrected chi connectivity index (χ0v) is 3.10. The van der Waals surface area contributed by atoms with Crippen molar-refractivity contribution in [3.8, 4) is 0 Å². The number of guanidine groups is 1. The molecule has 6 heavy (non-hydrogen) atoms. The normalized spacial score (nSPS) is 6.67. The Hall–Kier alpha value is -1.06. The lowest BCUT2D eigenvalue weighted by molar-refractivity contribution is 1.45. The molecule has 0 aromatic carbocycles. The van der Waals surface area contributed by atoms with Gasteiger partial charge in [-0.25, -0.2) is 0 Å². The van der Waals surface area contributed by atoms with Crippen LogP contribution in [0.15, 0.2) is 0 Å². The van der Waals surface area contributed by atoms with Crippen LogP contribution in [-0.2, 0) is 0 Å². The summed E-state index contributed by atoms with van der Waals surface area (Å²) in [6.45, 7) is 0. The van der Waals surface area contributed by atoms with Gasteiger partial charge in [0.1, 0.15) is 0 Å². The van der Waals surface area contributed by atoms with Gasteiger partial charge in [-0.05, 0) is 0 Å².